The van der Waals surface area contributed by atoms with E-state index < -0.39 is 11.9 Å². The summed E-state index contributed by atoms with van der Waals surface area (Å²) in [6.07, 6.45) is 0. The standard InChI is InChI=1S/C12H14FN3O/c1-3-15-12(17)8(2)16-11-6-4-5-10(13)9(11)7-14/h4-6,8,16H,3H2,1-2H3,(H,15,17). The molecule has 90 valence electrons. The van der Waals surface area contributed by atoms with E-state index in [1.807, 2.05) is 6.92 Å². The van der Waals surface area contributed by atoms with Crippen LogP contribution in [0.5, 0.6) is 0 Å². The van der Waals surface area contributed by atoms with Crippen molar-refractivity contribution in [3.63, 3.8) is 0 Å². The molecule has 0 bridgehead atoms. The molecule has 0 radical (unpaired) electrons. The van der Waals surface area contributed by atoms with Crippen LogP contribution in [0.3, 0.4) is 0 Å². The van der Waals surface area contributed by atoms with E-state index in [0.717, 1.165) is 0 Å². The lowest BCUT2D eigenvalue weighted by Crippen LogP contribution is -2.37. The van der Waals surface area contributed by atoms with Crippen molar-refractivity contribution in [2.75, 3.05) is 11.9 Å². The Hall–Kier alpha value is -2.09. The number of hydrogen-bond donors (Lipinski definition) is 2. The highest BCUT2D eigenvalue weighted by Crippen LogP contribution is 2.18. The molecule has 0 aliphatic heterocycles. The molecule has 1 aromatic carbocycles. The van der Waals surface area contributed by atoms with Gasteiger partial charge in [0.25, 0.3) is 0 Å². The molecule has 1 unspecified atom stereocenters. The first-order valence-electron chi connectivity index (χ1n) is 5.33. The summed E-state index contributed by atoms with van der Waals surface area (Å²) in [6.45, 7) is 3.99. The highest BCUT2D eigenvalue weighted by molar-refractivity contribution is 5.84. The van der Waals surface area contributed by atoms with E-state index in [-0.39, 0.29) is 11.5 Å². The Labute approximate surface area is 99.4 Å². The lowest BCUT2D eigenvalue weighted by atomic mass is 10.1. The summed E-state index contributed by atoms with van der Waals surface area (Å²) in [7, 11) is 0. The Morgan fingerprint density at radius 2 is 2.29 bits per heavy atom. The van der Waals surface area contributed by atoms with Gasteiger partial charge >= 0.3 is 0 Å². The number of rotatable bonds is 4. The number of nitrogens with zero attached hydrogens (tertiary/aromatic N) is 1. The number of nitrogens with one attached hydrogen (secondary N) is 2. The molecule has 0 spiro atoms. The van der Waals surface area contributed by atoms with E-state index in [1.165, 1.54) is 12.1 Å². The third-order valence-electron chi connectivity index (χ3n) is 2.24. The zero-order chi connectivity index (χ0) is 12.8. The molecule has 0 saturated heterocycles. The van der Waals surface area contributed by atoms with Crippen molar-refractivity contribution in [2.45, 2.75) is 19.9 Å². The van der Waals surface area contributed by atoms with Crippen LogP contribution in [0.25, 0.3) is 0 Å². The van der Waals surface area contributed by atoms with Crippen LogP contribution in [0.2, 0.25) is 0 Å². The van der Waals surface area contributed by atoms with Crippen molar-refractivity contribution in [1.29, 1.82) is 5.26 Å². The molecule has 1 amide bonds. The zero-order valence-electron chi connectivity index (χ0n) is 9.75. The second-order valence-electron chi connectivity index (χ2n) is 3.53. The molecule has 0 heterocycles. The van der Waals surface area contributed by atoms with E-state index in [1.54, 1.807) is 19.1 Å². The number of amides is 1. The summed E-state index contributed by atoms with van der Waals surface area (Å²) in [4.78, 5) is 11.5. The minimum atomic E-state index is -0.597. The zero-order valence-corrected chi connectivity index (χ0v) is 9.75. The molecular formula is C12H14FN3O. The first-order valence-corrected chi connectivity index (χ1v) is 5.33. The number of nitriles is 1. The first kappa shape index (κ1) is 13.0. The topological polar surface area (TPSA) is 64.9 Å². The minimum Gasteiger partial charge on any atom is -0.373 e. The Morgan fingerprint density at radius 1 is 1.59 bits per heavy atom. The maximum Gasteiger partial charge on any atom is 0.242 e. The van der Waals surface area contributed by atoms with Crippen LogP contribution >= 0.6 is 0 Å². The van der Waals surface area contributed by atoms with Crippen LogP contribution in [-0.4, -0.2) is 18.5 Å². The number of carbonyl (C=O) groups excluding carboxylic acids is 1. The van der Waals surface area contributed by atoms with Crippen molar-refractivity contribution in [1.82, 2.24) is 5.32 Å². The molecule has 1 atom stereocenters. The molecule has 4 nitrogen and oxygen atoms in total. The van der Waals surface area contributed by atoms with Crippen LogP contribution in [0, 0.1) is 17.1 Å². The van der Waals surface area contributed by atoms with Gasteiger partial charge in [0, 0.05) is 6.54 Å². The van der Waals surface area contributed by atoms with Gasteiger partial charge in [-0.15, -0.1) is 0 Å². The van der Waals surface area contributed by atoms with Crippen molar-refractivity contribution in [3.05, 3.63) is 29.6 Å². The van der Waals surface area contributed by atoms with Gasteiger partial charge in [0.2, 0.25) is 5.91 Å². The van der Waals surface area contributed by atoms with Crippen molar-refractivity contribution >= 4 is 11.6 Å². The van der Waals surface area contributed by atoms with Gasteiger partial charge in [-0.25, -0.2) is 4.39 Å². The van der Waals surface area contributed by atoms with E-state index in [0.29, 0.717) is 12.2 Å². The summed E-state index contributed by atoms with van der Waals surface area (Å²) >= 11 is 0. The number of anilines is 1. The number of carbonyl (C=O) groups is 1. The van der Waals surface area contributed by atoms with Gasteiger partial charge in [0.05, 0.1) is 5.69 Å². The van der Waals surface area contributed by atoms with Crippen LogP contribution in [0.15, 0.2) is 18.2 Å². The van der Waals surface area contributed by atoms with Gasteiger partial charge in [0.15, 0.2) is 0 Å². The Bertz CT molecular complexity index is 454. The fourth-order valence-corrected chi connectivity index (χ4v) is 1.38. The van der Waals surface area contributed by atoms with Gasteiger partial charge in [0.1, 0.15) is 23.5 Å². The molecule has 2 N–H and O–H groups in total. The molecule has 1 aromatic rings. The number of likely N-dealkylation sites (N-methyl/N-ethyl adjacent to an activating group) is 1. The molecule has 0 aliphatic carbocycles. The van der Waals surface area contributed by atoms with Gasteiger partial charge in [-0.1, -0.05) is 6.07 Å². The fraction of sp³-hybridized carbons (Fsp3) is 0.333. The predicted octanol–water partition coefficient (Wildman–Crippen LogP) is 1.63. The minimum absolute atomic E-state index is 0.0800. The van der Waals surface area contributed by atoms with Crippen molar-refractivity contribution < 1.29 is 9.18 Å². The van der Waals surface area contributed by atoms with Crippen LogP contribution < -0.4 is 10.6 Å². The van der Waals surface area contributed by atoms with Crippen LogP contribution in [0.1, 0.15) is 19.4 Å². The molecule has 0 aliphatic rings. The predicted molar refractivity (Wildman–Crippen MR) is 62.9 cm³/mol. The second-order valence-corrected chi connectivity index (χ2v) is 3.53. The maximum absolute atomic E-state index is 13.3. The van der Waals surface area contributed by atoms with E-state index in [4.69, 9.17) is 5.26 Å². The third kappa shape index (κ3) is 3.18. The van der Waals surface area contributed by atoms with Crippen molar-refractivity contribution in [3.8, 4) is 6.07 Å². The van der Waals surface area contributed by atoms with Gasteiger partial charge in [-0.05, 0) is 26.0 Å². The summed E-state index contributed by atoms with van der Waals surface area (Å²) in [5.41, 5.74) is 0.245. The quantitative estimate of drug-likeness (QED) is 0.833. The van der Waals surface area contributed by atoms with E-state index in [9.17, 15) is 9.18 Å². The van der Waals surface area contributed by atoms with E-state index in [2.05, 4.69) is 10.6 Å². The number of hydrogen-bond acceptors (Lipinski definition) is 3. The third-order valence-corrected chi connectivity index (χ3v) is 2.24. The summed E-state index contributed by atoms with van der Waals surface area (Å²) in [6, 6.07) is 5.51. The molecule has 17 heavy (non-hydrogen) atoms. The average Bonchev–Trinajstić information content (AvgIpc) is 2.29. The highest BCUT2D eigenvalue weighted by atomic mass is 19.1. The molecule has 0 fully saturated rings. The van der Waals surface area contributed by atoms with Gasteiger partial charge < -0.3 is 10.6 Å². The second kappa shape index (κ2) is 5.85. The lowest BCUT2D eigenvalue weighted by molar-refractivity contribution is -0.121. The van der Waals surface area contributed by atoms with Gasteiger partial charge in [-0.2, -0.15) is 5.26 Å². The normalized spacial score (nSPS) is 11.4. The summed E-state index contributed by atoms with van der Waals surface area (Å²) < 4.78 is 13.3. The molecular weight excluding hydrogens is 221 g/mol. The summed E-state index contributed by atoms with van der Waals surface area (Å²) in [5.74, 6) is -0.791. The maximum atomic E-state index is 13.3. The Balaban J connectivity index is 2.86. The number of benzene rings is 1. The smallest absolute Gasteiger partial charge is 0.242 e. The average molecular weight is 235 g/mol. The monoisotopic (exact) mass is 235 g/mol. The SMILES string of the molecule is CCNC(=O)C(C)Nc1cccc(F)c1C#N. The first-order chi connectivity index (χ1) is 8.10. The summed E-state index contributed by atoms with van der Waals surface area (Å²) in [5, 5.41) is 14.3. The number of halogens is 1. The molecule has 0 aromatic heterocycles. The van der Waals surface area contributed by atoms with Crippen LogP contribution in [-0.2, 0) is 4.79 Å². The Morgan fingerprint density at radius 3 is 2.88 bits per heavy atom. The largest absolute Gasteiger partial charge is 0.373 e. The molecule has 5 heteroatoms. The molecule has 1 rings (SSSR count). The van der Waals surface area contributed by atoms with Crippen molar-refractivity contribution in [2.24, 2.45) is 0 Å². The van der Waals surface area contributed by atoms with Crippen LogP contribution in [0.4, 0.5) is 10.1 Å². The lowest BCUT2D eigenvalue weighted by Gasteiger charge is -2.15. The highest BCUT2D eigenvalue weighted by Gasteiger charge is 2.14. The molecule has 0 saturated carbocycles. The van der Waals surface area contributed by atoms with E-state index >= 15 is 0 Å². The van der Waals surface area contributed by atoms with Gasteiger partial charge in [-0.3, -0.25) is 4.79 Å². The fourth-order valence-electron chi connectivity index (χ4n) is 1.38. The Kier molecular flexibility index (Phi) is 4.46.